The molecule has 0 fully saturated rings. The standard InChI is InChI=1S/C9H12N2O2/c1-4-5-7(12)9-8(13-3)6-10-11(9)2/h4,6H,1,5H2,2-3H3. The molecule has 0 aliphatic rings. The minimum absolute atomic E-state index is 0.0353. The fourth-order valence-electron chi connectivity index (χ4n) is 1.11. The van der Waals surface area contributed by atoms with Gasteiger partial charge in [0.1, 0.15) is 5.69 Å². The Morgan fingerprint density at radius 2 is 2.54 bits per heavy atom. The minimum Gasteiger partial charge on any atom is -0.493 e. The Hall–Kier alpha value is -1.58. The Labute approximate surface area is 76.8 Å². The highest BCUT2D eigenvalue weighted by molar-refractivity contribution is 5.97. The lowest BCUT2D eigenvalue weighted by Crippen LogP contribution is -2.07. The van der Waals surface area contributed by atoms with Crippen molar-refractivity contribution in [2.24, 2.45) is 7.05 Å². The summed E-state index contributed by atoms with van der Waals surface area (Å²) in [5.41, 5.74) is 0.488. The van der Waals surface area contributed by atoms with Crippen molar-refractivity contribution in [2.45, 2.75) is 6.42 Å². The van der Waals surface area contributed by atoms with Crippen LogP contribution in [0.1, 0.15) is 16.9 Å². The molecule has 70 valence electrons. The zero-order valence-electron chi connectivity index (χ0n) is 7.78. The maximum absolute atomic E-state index is 11.5. The number of methoxy groups -OCH3 is 1. The normalized spacial score (nSPS) is 9.69. The van der Waals surface area contributed by atoms with Crippen molar-refractivity contribution in [3.8, 4) is 5.75 Å². The SMILES string of the molecule is C=CCC(=O)c1c(OC)cnn1C. The maximum atomic E-state index is 11.5. The number of ketones is 1. The second-order valence-electron chi connectivity index (χ2n) is 2.60. The maximum Gasteiger partial charge on any atom is 0.188 e. The van der Waals surface area contributed by atoms with Crippen LogP contribution in [-0.2, 0) is 7.05 Å². The third kappa shape index (κ3) is 1.77. The van der Waals surface area contributed by atoms with E-state index < -0.39 is 0 Å². The predicted octanol–water partition coefficient (Wildman–Crippen LogP) is 1.19. The smallest absolute Gasteiger partial charge is 0.188 e. The molecule has 1 aromatic rings. The molecule has 0 bridgehead atoms. The summed E-state index contributed by atoms with van der Waals surface area (Å²) in [6.07, 6.45) is 3.39. The largest absolute Gasteiger partial charge is 0.493 e. The zero-order chi connectivity index (χ0) is 9.84. The number of allylic oxidation sites excluding steroid dienone is 1. The zero-order valence-corrected chi connectivity index (χ0v) is 7.78. The second kappa shape index (κ2) is 3.89. The summed E-state index contributed by atoms with van der Waals surface area (Å²) in [6.45, 7) is 3.50. The molecule has 4 heteroatoms. The molecule has 0 aromatic carbocycles. The van der Waals surface area contributed by atoms with Crippen molar-refractivity contribution >= 4 is 5.78 Å². The topological polar surface area (TPSA) is 44.1 Å². The Balaban J connectivity index is 3.03. The van der Waals surface area contributed by atoms with Gasteiger partial charge in [0.15, 0.2) is 11.5 Å². The first-order valence-corrected chi connectivity index (χ1v) is 3.90. The summed E-state index contributed by atoms with van der Waals surface area (Å²) in [4.78, 5) is 11.5. The number of Topliss-reactive ketones (excluding diaryl/α,β-unsaturated/α-hetero) is 1. The van der Waals surface area contributed by atoms with E-state index in [9.17, 15) is 4.79 Å². The molecule has 0 unspecified atom stereocenters. The third-order valence-corrected chi connectivity index (χ3v) is 1.72. The molecule has 0 aliphatic heterocycles. The average molecular weight is 180 g/mol. The summed E-state index contributed by atoms with van der Waals surface area (Å²) in [6, 6.07) is 0. The van der Waals surface area contributed by atoms with Crippen LogP contribution in [0.2, 0.25) is 0 Å². The first-order valence-electron chi connectivity index (χ1n) is 3.90. The van der Waals surface area contributed by atoms with Crippen LogP contribution in [0.5, 0.6) is 5.75 Å². The van der Waals surface area contributed by atoms with Gasteiger partial charge in [0.25, 0.3) is 0 Å². The van der Waals surface area contributed by atoms with Gasteiger partial charge in [0, 0.05) is 13.5 Å². The third-order valence-electron chi connectivity index (χ3n) is 1.72. The molecule has 0 atom stereocenters. The highest BCUT2D eigenvalue weighted by Crippen LogP contribution is 2.17. The van der Waals surface area contributed by atoms with E-state index in [1.165, 1.54) is 18.0 Å². The van der Waals surface area contributed by atoms with E-state index in [1.54, 1.807) is 13.1 Å². The second-order valence-corrected chi connectivity index (χ2v) is 2.60. The lowest BCUT2D eigenvalue weighted by molar-refractivity contribution is 0.0984. The first-order chi connectivity index (χ1) is 6.20. The number of aryl methyl sites for hydroxylation is 1. The Morgan fingerprint density at radius 1 is 1.85 bits per heavy atom. The van der Waals surface area contributed by atoms with Gasteiger partial charge in [-0.15, -0.1) is 6.58 Å². The van der Waals surface area contributed by atoms with Gasteiger partial charge in [-0.25, -0.2) is 0 Å². The van der Waals surface area contributed by atoms with E-state index in [2.05, 4.69) is 11.7 Å². The molecule has 0 spiro atoms. The molecule has 4 nitrogen and oxygen atoms in total. The van der Waals surface area contributed by atoms with Crippen molar-refractivity contribution in [3.05, 3.63) is 24.5 Å². The molecule has 0 amide bonds. The van der Waals surface area contributed by atoms with Crippen LogP contribution in [0.15, 0.2) is 18.9 Å². The number of hydrogen-bond acceptors (Lipinski definition) is 3. The first kappa shape index (κ1) is 9.51. The van der Waals surface area contributed by atoms with Gasteiger partial charge >= 0.3 is 0 Å². The Bertz CT molecular complexity index is 328. The molecular weight excluding hydrogens is 168 g/mol. The van der Waals surface area contributed by atoms with Gasteiger partial charge in [-0.1, -0.05) is 6.08 Å². The molecular formula is C9H12N2O2. The Morgan fingerprint density at radius 3 is 3.08 bits per heavy atom. The van der Waals surface area contributed by atoms with Crippen molar-refractivity contribution < 1.29 is 9.53 Å². The van der Waals surface area contributed by atoms with Crippen LogP contribution in [0.4, 0.5) is 0 Å². The van der Waals surface area contributed by atoms with Crippen molar-refractivity contribution in [3.63, 3.8) is 0 Å². The van der Waals surface area contributed by atoms with Gasteiger partial charge in [-0.2, -0.15) is 5.10 Å². The molecule has 1 aromatic heterocycles. The van der Waals surface area contributed by atoms with E-state index in [0.717, 1.165) is 0 Å². The highest BCUT2D eigenvalue weighted by Gasteiger charge is 2.15. The molecule has 0 aliphatic carbocycles. The highest BCUT2D eigenvalue weighted by atomic mass is 16.5. The summed E-state index contributed by atoms with van der Waals surface area (Å²) >= 11 is 0. The van der Waals surface area contributed by atoms with Gasteiger partial charge in [-0.3, -0.25) is 9.48 Å². The molecule has 0 N–H and O–H groups in total. The molecule has 1 rings (SSSR count). The van der Waals surface area contributed by atoms with E-state index >= 15 is 0 Å². The van der Waals surface area contributed by atoms with E-state index in [1.807, 2.05) is 0 Å². The van der Waals surface area contributed by atoms with Crippen LogP contribution >= 0.6 is 0 Å². The van der Waals surface area contributed by atoms with Gasteiger partial charge in [0.2, 0.25) is 0 Å². The van der Waals surface area contributed by atoms with Crippen LogP contribution in [-0.4, -0.2) is 22.7 Å². The average Bonchev–Trinajstić information content (AvgIpc) is 2.47. The van der Waals surface area contributed by atoms with Gasteiger partial charge < -0.3 is 4.74 Å². The van der Waals surface area contributed by atoms with Crippen molar-refractivity contribution in [2.75, 3.05) is 7.11 Å². The van der Waals surface area contributed by atoms with E-state index in [0.29, 0.717) is 17.9 Å². The Kier molecular flexibility index (Phi) is 2.84. The summed E-state index contributed by atoms with van der Waals surface area (Å²) in [7, 11) is 3.22. The van der Waals surface area contributed by atoms with Gasteiger partial charge in [0.05, 0.1) is 13.3 Å². The van der Waals surface area contributed by atoms with Crippen LogP contribution in [0.3, 0.4) is 0 Å². The molecule has 0 saturated carbocycles. The lowest BCUT2D eigenvalue weighted by atomic mass is 10.2. The number of aromatic nitrogens is 2. The summed E-state index contributed by atoms with van der Waals surface area (Å²) in [5.74, 6) is 0.473. The number of hydrogen-bond donors (Lipinski definition) is 0. The lowest BCUT2D eigenvalue weighted by Gasteiger charge is -2.01. The van der Waals surface area contributed by atoms with Crippen molar-refractivity contribution in [1.82, 2.24) is 9.78 Å². The van der Waals surface area contributed by atoms with Crippen LogP contribution < -0.4 is 4.74 Å². The van der Waals surface area contributed by atoms with Crippen LogP contribution in [0.25, 0.3) is 0 Å². The summed E-state index contributed by atoms with van der Waals surface area (Å²) < 4.78 is 6.50. The van der Waals surface area contributed by atoms with E-state index in [4.69, 9.17) is 4.74 Å². The predicted molar refractivity (Wildman–Crippen MR) is 48.9 cm³/mol. The van der Waals surface area contributed by atoms with Crippen molar-refractivity contribution in [1.29, 1.82) is 0 Å². The number of rotatable bonds is 4. The molecule has 0 saturated heterocycles. The quantitative estimate of drug-likeness (QED) is 0.516. The van der Waals surface area contributed by atoms with Crippen LogP contribution in [0, 0.1) is 0 Å². The fraction of sp³-hybridized carbons (Fsp3) is 0.333. The molecule has 13 heavy (non-hydrogen) atoms. The minimum atomic E-state index is -0.0353. The van der Waals surface area contributed by atoms with Gasteiger partial charge in [-0.05, 0) is 0 Å². The molecule has 0 radical (unpaired) electrons. The molecule has 1 heterocycles. The fourth-order valence-corrected chi connectivity index (χ4v) is 1.11. The van der Waals surface area contributed by atoms with E-state index in [-0.39, 0.29) is 5.78 Å². The monoisotopic (exact) mass is 180 g/mol. The number of carbonyl (C=O) groups excluding carboxylic acids is 1. The number of nitrogens with zero attached hydrogens (tertiary/aromatic N) is 2. The summed E-state index contributed by atoms with van der Waals surface area (Å²) in [5, 5.41) is 3.93. The number of ether oxygens (including phenoxy) is 1. The number of carbonyl (C=O) groups is 1.